The van der Waals surface area contributed by atoms with Crippen LogP contribution in [0.3, 0.4) is 0 Å². The van der Waals surface area contributed by atoms with Crippen LogP contribution in [-0.2, 0) is 0 Å². The minimum Gasteiger partial charge on any atom is -0.372 e. The lowest BCUT2D eigenvalue weighted by Gasteiger charge is -2.28. The number of hydrogen-bond acceptors (Lipinski definition) is 4. The lowest BCUT2D eigenvalue weighted by molar-refractivity contribution is 0.358. The van der Waals surface area contributed by atoms with Crippen molar-refractivity contribution in [2.75, 3.05) is 17.7 Å². The second-order valence-corrected chi connectivity index (χ2v) is 5.66. The van der Waals surface area contributed by atoms with Crippen molar-refractivity contribution in [1.82, 2.24) is 9.97 Å². The van der Waals surface area contributed by atoms with Crippen LogP contribution >= 0.6 is 15.9 Å². The number of halogens is 1. The fraction of sp³-hybridized carbons (Fsp3) is 0.636. The van der Waals surface area contributed by atoms with E-state index in [0.29, 0.717) is 6.04 Å². The van der Waals surface area contributed by atoms with Crippen LogP contribution in [0, 0.1) is 5.41 Å². The van der Waals surface area contributed by atoms with Gasteiger partial charge in [-0.2, -0.15) is 0 Å². The summed E-state index contributed by atoms with van der Waals surface area (Å²) in [5.74, 6) is 1.61. The molecule has 90 valence electrons. The van der Waals surface area contributed by atoms with Gasteiger partial charge in [0.1, 0.15) is 22.4 Å². The number of rotatable bonds is 3. The van der Waals surface area contributed by atoms with Crippen LogP contribution in [-0.4, -0.2) is 23.1 Å². The number of aromatic nitrogens is 2. The topological polar surface area (TPSA) is 49.8 Å². The summed E-state index contributed by atoms with van der Waals surface area (Å²) in [7, 11) is 1.84. The Morgan fingerprint density at radius 2 is 1.81 bits per heavy atom. The summed E-state index contributed by atoms with van der Waals surface area (Å²) >= 11 is 3.49. The van der Waals surface area contributed by atoms with Crippen molar-refractivity contribution >= 4 is 27.6 Å². The number of anilines is 2. The van der Waals surface area contributed by atoms with Crippen molar-refractivity contribution in [1.29, 1.82) is 0 Å². The van der Waals surface area contributed by atoms with E-state index in [4.69, 9.17) is 0 Å². The Labute approximate surface area is 105 Å². The van der Waals surface area contributed by atoms with Gasteiger partial charge >= 0.3 is 0 Å². The van der Waals surface area contributed by atoms with Crippen LogP contribution in [0.5, 0.6) is 0 Å². The number of nitrogens with zero attached hydrogens (tertiary/aromatic N) is 2. The summed E-state index contributed by atoms with van der Waals surface area (Å²) in [5.41, 5.74) is 0.185. The van der Waals surface area contributed by atoms with Crippen molar-refractivity contribution in [3.05, 3.63) is 10.8 Å². The molecule has 5 heteroatoms. The number of hydrogen-bond donors (Lipinski definition) is 2. The molecule has 0 saturated carbocycles. The van der Waals surface area contributed by atoms with Crippen molar-refractivity contribution in [2.45, 2.75) is 33.7 Å². The third-order valence-corrected chi connectivity index (χ3v) is 3.43. The smallest absolute Gasteiger partial charge is 0.146 e. The molecule has 0 amide bonds. The quantitative estimate of drug-likeness (QED) is 0.896. The van der Waals surface area contributed by atoms with Crippen LogP contribution < -0.4 is 10.6 Å². The summed E-state index contributed by atoms with van der Waals surface area (Å²) in [5, 5.41) is 6.40. The molecule has 1 unspecified atom stereocenters. The van der Waals surface area contributed by atoms with Crippen molar-refractivity contribution in [3.8, 4) is 0 Å². The van der Waals surface area contributed by atoms with Gasteiger partial charge in [0.05, 0.1) is 0 Å². The summed E-state index contributed by atoms with van der Waals surface area (Å²) in [6, 6.07) is 0.323. The molecular weight excluding hydrogens is 268 g/mol. The molecule has 0 bridgehead atoms. The van der Waals surface area contributed by atoms with Gasteiger partial charge in [0.25, 0.3) is 0 Å². The highest BCUT2D eigenvalue weighted by atomic mass is 79.9. The lowest BCUT2D eigenvalue weighted by Crippen LogP contribution is -2.31. The third-order valence-electron chi connectivity index (χ3n) is 2.68. The van der Waals surface area contributed by atoms with Gasteiger partial charge in [-0.25, -0.2) is 9.97 Å². The SMILES string of the molecule is CNc1ncnc(NC(C)C(C)(C)C)c1Br. The van der Waals surface area contributed by atoms with Crippen LogP contribution in [0.2, 0.25) is 0 Å². The maximum atomic E-state index is 4.23. The molecule has 4 nitrogen and oxygen atoms in total. The van der Waals surface area contributed by atoms with Gasteiger partial charge in [0, 0.05) is 13.1 Å². The fourth-order valence-corrected chi connectivity index (χ4v) is 1.58. The minimum atomic E-state index is 0.185. The zero-order valence-corrected chi connectivity index (χ0v) is 12.0. The van der Waals surface area contributed by atoms with Gasteiger partial charge < -0.3 is 10.6 Å². The molecule has 0 aliphatic carbocycles. The fourth-order valence-electron chi connectivity index (χ4n) is 1.07. The highest BCUT2D eigenvalue weighted by Crippen LogP contribution is 2.29. The minimum absolute atomic E-state index is 0.185. The van der Waals surface area contributed by atoms with Crippen LogP contribution in [0.25, 0.3) is 0 Å². The largest absolute Gasteiger partial charge is 0.372 e. The average Bonchev–Trinajstić information content (AvgIpc) is 2.19. The highest BCUT2D eigenvalue weighted by Gasteiger charge is 2.21. The second-order valence-electron chi connectivity index (χ2n) is 4.87. The summed E-state index contributed by atoms with van der Waals surface area (Å²) in [6.07, 6.45) is 1.55. The molecule has 0 saturated heterocycles. The van der Waals surface area contributed by atoms with E-state index in [-0.39, 0.29) is 5.41 Å². The van der Waals surface area contributed by atoms with Crippen molar-refractivity contribution < 1.29 is 0 Å². The van der Waals surface area contributed by atoms with Gasteiger partial charge in [-0.05, 0) is 28.3 Å². The maximum Gasteiger partial charge on any atom is 0.146 e. The molecule has 0 aliphatic rings. The lowest BCUT2D eigenvalue weighted by atomic mass is 9.88. The standard InChI is InChI=1S/C11H19BrN4/c1-7(11(2,3)4)16-10-8(12)9(13-5)14-6-15-10/h6-7H,1-5H3,(H2,13,14,15,16). The Bertz CT molecular complexity index is 359. The zero-order chi connectivity index (χ0) is 12.3. The van der Waals surface area contributed by atoms with Crippen LogP contribution in [0.1, 0.15) is 27.7 Å². The van der Waals surface area contributed by atoms with Crippen molar-refractivity contribution in [3.63, 3.8) is 0 Å². The monoisotopic (exact) mass is 286 g/mol. The predicted octanol–water partition coefficient (Wildman–Crippen LogP) is 3.13. The molecule has 1 heterocycles. The van der Waals surface area contributed by atoms with Gasteiger partial charge in [0.2, 0.25) is 0 Å². The molecule has 0 aromatic carbocycles. The van der Waals surface area contributed by atoms with Crippen LogP contribution in [0.15, 0.2) is 10.8 Å². The first-order chi connectivity index (χ1) is 7.36. The zero-order valence-electron chi connectivity index (χ0n) is 10.4. The van der Waals surface area contributed by atoms with Gasteiger partial charge in [-0.15, -0.1) is 0 Å². The molecule has 0 aliphatic heterocycles. The molecule has 1 rings (SSSR count). The van der Waals surface area contributed by atoms with E-state index in [0.717, 1.165) is 16.1 Å². The van der Waals surface area contributed by atoms with E-state index in [1.54, 1.807) is 6.33 Å². The first kappa shape index (κ1) is 13.2. The highest BCUT2D eigenvalue weighted by molar-refractivity contribution is 9.10. The Hall–Kier alpha value is -0.840. The summed E-state index contributed by atoms with van der Waals surface area (Å²) in [6.45, 7) is 8.73. The molecule has 16 heavy (non-hydrogen) atoms. The van der Waals surface area contributed by atoms with Gasteiger partial charge in [-0.1, -0.05) is 20.8 Å². The van der Waals surface area contributed by atoms with E-state index >= 15 is 0 Å². The van der Waals surface area contributed by atoms with E-state index in [2.05, 4.69) is 64.2 Å². The molecular formula is C11H19BrN4. The van der Waals surface area contributed by atoms with Gasteiger partial charge in [-0.3, -0.25) is 0 Å². The summed E-state index contributed by atoms with van der Waals surface area (Å²) in [4.78, 5) is 8.35. The van der Waals surface area contributed by atoms with E-state index in [1.807, 2.05) is 7.05 Å². The maximum absolute atomic E-state index is 4.23. The van der Waals surface area contributed by atoms with E-state index < -0.39 is 0 Å². The first-order valence-electron chi connectivity index (χ1n) is 5.31. The molecule has 1 aromatic rings. The Morgan fingerprint density at radius 1 is 1.25 bits per heavy atom. The van der Waals surface area contributed by atoms with Gasteiger partial charge in [0.15, 0.2) is 0 Å². The average molecular weight is 287 g/mol. The molecule has 0 spiro atoms. The predicted molar refractivity (Wildman–Crippen MR) is 71.8 cm³/mol. The normalized spacial score (nSPS) is 13.4. The van der Waals surface area contributed by atoms with E-state index in [1.165, 1.54) is 0 Å². The molecule has 0 radical (unpaired) electrons. The molecule has 1 atom stereocenters. The summed E-state index contributed by atoms with van der Waals surface area (Å²) < 4.78 is 0.869. The van der Waals surface area contributed by atoms with Crippen molar-refractivity contribution in [2.24, 2.45) is 5.41 Å². The first-order valence-corrected chi connectivity index (χ1v) is 6.10. The molecule has 2 N–H and O–H groups in total. The van der Waals surface area contributed by atoms with E-state index in [9.17, 15) is 0 Å². The number of nitrogens with one attached hydrogen (secondary N) is 2. The molecule has 1 aromatic heterocycles. The molecule has 0 fully saturated rings. The Balaban J connectivity index is 2.90. The third kappa shape index (κ3) is 3.07. The second kappa shape index (κ2) is 4.99. The van der Waals surface area contributed by atoms with Crippen LogP contribution in [0.4, 0.5) is 11.6 Å². The Morgan fingerprint density at radius 3 is 2.31 bits per heavy atom. The Kier molecular flexibility index (Phi) is 4.13.